The third kappa shape index (κ3) is 3.71. The van der Waals surface area contributed by atoms with E-state index >= 15 is 0 Å². The summed E-state index contributed by atoms with van der Waals surface area (Å²) in [5.41, 5.74) is 0.135. The fourth-order valence-corrected chi connectivity index (χ4v) is 1.57. The molecule has 0 aromatic heterocycles. The molecule has 0 aliphatic heterocycles. The summed E-state index contributed by atoms with van der Waals surface area (Å²) in [6.07, 6.45) is 0. The van der Waals surface area contributed by atoms with Gasteiger partial charge in [-0.2, -0.15) is 0 Å². The number of methoxy groups -OCH3 is 1. The summed E-state index contributed by atoms with van der Waals surface area (Å²) >= 11 is 0. The summed E-state index contributed by atoms with van der Waals surface area (Å²) in [5, 5.41) is 2.44. The molecule has 0 unspecified atom stereocenters. The van der Waals surface area contributed by atoms with Crippen LogP contribution in [0, 0.1) is 5.82 Å². The molecule has 0 aliphatic carbocycles. The molecule has 0 fully saturated rings. The van der Waals surface area contributed by atoms with Crippen LogP contribution < -0.4 is 14.8 Å². The lowest BCUT2D eigenvalue weighted by molar-refractivity contribution is -0.118. The Kier molecular flexibility index (Phi) is 4.55. The maximum absolute atomic E-state index is 13.3. The Hall–Kier alpha value is -2.56. The quantitative estimate of drug-likeness (QED) is 0.912. The Labute approximate surface area is 116 Å². The SMILES string of the molecule is COc1ccc(OCC(=O)Nc2ccccc2F)cc1. The molecule has 1 N–H and O–H groups in total. The first-order valence-electron chi connectivity index (χ1n) is 6.00. The van der Waals surface area contributed by atoms with Gasteiger partial charge in [-0.1, -0.05) is 12.1 Å². The zero-order valence-corrected chi connectivity index (χ0v) is 10.9. The average molecular weight is 275 g/mol. The fourth-order valence-electron chi connectivity index (χ4n) is 1.57. The van der Waals surface area contributed by atoms with Gasteiger partial charge in [-0.25, -0.2) is 4.39 Å². The number of carbonyl (C=O) groups excluding carboxylic acids is 1. The number of hydrogen-bond donors (Lipinski definition) is 1. The summed E-state index contributed by atoms with van der Waals surface area (Å²) in [5.74, 6) is 0.332. The van der Waals surface area contributed by atoms with Crippen LogP contribution >= 0.6 is 0 Å². The van der Waals surface area contributed by atoms with Crippen molar-refractivity contribution >= 4 is 11.6 Å². The summed E-state index contributed by atoms with van der Waals surface area (Å²) in [6, 6.07) is 12.8. The number of benzene rings is 2. The Morgan fingerprint density at radius 1 is 1.10 bits per heavy atom. The van der Waals surface area contributed by atoms with Gasteiger partial charge in [-0.3, -0.25) is 4.79 Å². The van der Waals surface area contributed by atoms with E-state index in [1.807, 2.05) is 0 Å². The number of ether oxygens (including phenoxy) is 2. The fraction of sp³-hybridized carbons (Fsp3) is 0.133. The lowest BCUT2D eigenvalue weighted by Crippen LogP contribution is -2.20. The molecule has 0 saturated carbocycles. The second kappa shape index (κ2) is 6.56. The van der Waals surface area contributed by atoms with E-state index in [9.17, 15) is 9.18 Å². The van der Waals surface area contributed by atoms with Crippen molar-refractivity contribution in [3.8, 4) is 11.5 Å². The van der Waals surface area contributed by atoms with Crippen molar-refractivity contribution in [3.05, 3.63) is 54.3 Å². The van der Waals surface area contributed by atoms with Gasteiger partial charge < -0.3 is 14.8 Å². The van der Waals surface area contributed by atoms with Crippen LogP contribution in [0.3, 0.4) is 0 Å². The number of carbonyl (C=O) groups is 1. The second-order valence-corrected chi connectivity index (χ2v) is 3.99. The van der Waals surface area contributed by atoms with E-state index in [1.54, 1.807) is 43.5 Å². The van der Waals surface area contributed by atoms with Crippen LogP contribution in [0.2, 0.25) is 0 Å². The first-order valence-corrected chi connectivity index (χ1v) is 6.00. The van der Waals surface area contributed by atoms with Crippen molar-refractivity contribution < 1.29 is 18.7 Å². The highest BCUT2D eigenvalue weighted by atomic mass is 19.1. The molecule has 0 radical (unpaired) electrons. The molecule has 0 bridgehead atoms. The zero-order valence-electron chi connectivity index (χ0n) is 10.9. The number of anilines is 1. The largest absolute Gasteiger partial charge is 0.497 e. The molecule has 104 valence electrons. The molecule has 1 amide bonds. The van der Waals surface area contributed by atoms with Gasteiger partial charge in [0.15, 0.2) is 6.61 Å². The van der Waals surface area contributed by atoms with Crippen molar-refractivity contribution in [3.63, 3.8) is 0 Å². The van der Waals surface area contributed by atoms with Gasteiger partial charge in [0, 0.05) is 0 Å². The molecular weight excluding hydrogens is 261 g/mol. The lowest BCUT2D eigenvalue weighted by Gasteiger charge is -2.08. The minimum Gasteiger partial charge on any atom is -0.497 e. The highest BCUT2D eigenvalue weighted by Gasteiger charge is 2.07. The number of para-hydroxylation sites is 1. The molecule has 0 aliphatic rings. The van der Waals surface area contributed by atoms with E-state index in [0.29, 0.717) is 11.5 Å². The summed E-state index contributed by atoms with van der Waals surface area (Å²) in [7, 11) is 1.57. The molecule has 0 saturated heterocycles. The molecular formula is C15H14FNO3. The van der Waals surface area contributed by atoms with Gasteiger partial charge in [0.05, 0.1) is 12.8 Å². The Morgan fingerprint density at radius 2 is 1.75 bits per heavy atom. The lowest BCUT2D eigenvalue weighted by atomic mass is 10.3. The maximum atomic E-state index is 13.3. The molecule has 5 heteroatoms. The summed E-state index contributed by atoms with van der Waals surface area (Å²) in [6.45, 7) is -0.194. The van der Waals surface area contributed by atoms with Gasteiger partial charge in [0.2, 0.25) is 0 Å². The molecule has 2 aromatic rings. The Balaban J connectivity index is 1.87. The number of amides is 1. The van der Waals surface area contributed by atoms with Crippen LogP contribution in [0.1, 0.15) is 0 Å². The van der Waals surface area contributed by atoms with E-state index in [4.69, 9.17) is 9.47 Å². The van der Waals surface area contributed by atoms with Crippen LogP contribution in [-0.2, 0) is 4.79 Å². The Bertz CT molecular complexity index is 584. The molecule has 0 atom stereocenters. The topological polar surface area (TPSA) is 47.6 Å². The molecule has 0 heterocycles. The minimum absolute atomic E-state index is 0.135. The van der Waals surface area contributed by atoms with E-state index < -0.39 is 11.7 Å². The van der Waals surface area contributed by atoms with Crippen LogP contribution in [0.4, 0.5) is 10.1 Å². The predicted octanol–water partition coefficient (Wildman–Crippen LogP) is 2.85. The van der Waals surface area contributed by atoms with Crippen molar-refractivity contribution in [2.24, 2.45) is 0 Å². The predicted molar refractivity (Wildman–Crippen MR) is 73.5 cm³/mol. The number of rotatable bonds is 5. The monoisotopic (exact) mass is 275 g/mol. The van der Waals surface area contributed by atoms with Crippen LogP contribution in [-0.4, -0.2) is 19.6 Å². The van der Waals surface area contributed by atoms with E-state index in [1.165, 1.54) is 12.1 Å². The molecule has 4 nitrogen and oxygen atoms in total. The van der Waals surface area contributed by atoms with Crippen LogP contribution in [0.5, 0.6) is 11.5 Å². The molecule has 2 rings (SSSR count). The van der Waals surface area contributed by atoms with E-state index in [2.05, 4.69) is 5.32 Å². The normalized spacial score (nSPS) is 9.90. The summed E-state index contributed by atoms with van der Waals surface area (Å²) < 4.78 is 23.6. The smallest absolute Gasteiger partial charge is 0.262 e. The van der Waals surface area contributed by atoms with Crippen molar-refractivity contribution in [2.75, 3.05) is 19.0 Å². The minimum atomic E-state index is -0.481. The van der Waals surface area contributed by atoms with Gasteiger partial charge in [-0.05, 0) is 36.4 Å². The number of hydrogen-bond acceptors (Lipinski definition) is 3. The third-order valence-electron chi connectivity index (χ3n) is 2.58. The maximum Gasteiger partial charge on any atom is 0.262 e. The van der Waals surface area contributed by atoms with Gasteiger partial charge in [-0.15, -0.1) is 0 Å². The van der Waals surface area contributed by atoms with Gasteiger partial charge in [0.1, 0.15) is 17.3 Å². The van der Waals surface area contributed by atoms with Crippen molar-refractivity contribution in [1.82, 2.24) is 0 Å². The third-order valence-corrected chi connectivity index (χ3v) is 2.58. The first-order chi connectivity index (χ1) is 9.69. The Morgan fingerprint density at radius 3 is 2.40 bits per heavy atom. The van der Waals surface area contributed by atoms with Gasteiger partial charge in [0.25, 0.3) is 5.91 Å². The van der Waals surface area contributed by atoms with Crippen molar-refractivity contribution in [1.29, 1.82) is 0 Å². The first kappa shape index (κ1) is 13.9. The van der Waals surface area contributed by atoms with Gasteiger partial charge >= 0.3 is 0 Å². The number of halogens is 1. The van der Waals surface area contributed by atoms with Crippen LogP contribution in [0.15, 0.2) is 48.5 Å². The van der Waals surface area contributed by atoms with Crippen molar-refractivity contribution in [2.45, 2.75) is 0 Å². The highest BCUT2D eigenvalue weighted by Crippen LogP contribution is 2.17. The number of nitrogens with one attached hydrogen (secondary N) is 1. The standard InChI is InChI=1S/C15H14FNO3/c1-19-11-6-8-12(9-7-11)20-10-15(18)17-14-5-3-2-4-13(14)16/h2-9H,10H2,1H3,(H,17,18). The molecule has 0 spiro atoms. The second-order valence-electron chi connectivity index (χ2n) is 3.99. The summed E-state index contributed by atoms with van der Waals surface area (Å²) in [4.78, 5) is 11.6. The van der Waals surface area contributed by atoms with E-state index in [0.717, 1.165) is 0 Å². The average Bonchev–Trinajstić information content (AvgIpc) is 2.48. The molecule has 20 heavy (non-hydrogen) atoms. The zero-order chi connectivity index (χ0) is 14.4. The van der Waals surface area contributed by atoms with E-state index in [-0.39, 0.29) is 12.3 Å². The molecule has 2 aromatic carbocycles. The van der Waals surface area contributed by atoms with Crippen LogP contribution in [0.25, 0.3) is 0 Å². The highest BCUT2D eigenvalue weighted by molar-refractivity contribution is 5.91.